The van der Waals surface area contributed by atoms with Crippen LogP contribution in [0.3, 0.4) is 0 Å². The summed E-state index contributed by atoms with van der Waals surface area (Å²) >= 11 is 1.98. The predicted molar refractivity (Wildman–Crippen MR) is 84.8 cm³/mol. The molecule has 0 atom stereocenters. The van der Waals surface area contributed by atoms with E-state index in [1.54, 1.807) is 13.1 Å². The Morgan fingerprint density at radius 1 is 1.33 bits per heavy atom. The third kappa shape index (κ3) is 3.07. The van der Waals surface area contributed by atoms with Crippen LogP contribution in [-0.4, -0.2) is 21.4 Å². The number of hydrogen-bond donors (Lipinski definition) is 2. The highest BCUT2D eigenvalue weighted by molar-refractivity contribution is 14.1. The number of ketones is 1. The number of carboxylic acids is 1. The Hall–Kier alpha value is -1.90. The first-order valence-electron chi connectivity index (χ1n) is 5.97. The number of carbonyl (C=O) groups is 2. The van der Waals surface area contributed by atoms with E-state index in [0.29, 0.717) is 0 Å². The Kier molecular flexibility index (Phi) is 4.31. The van der Waals surface area contributed by atoms with Crippen molar-refractivity contribution in [2.75, 3.05) is 5.32 Å². The second-order valence-corrected chi connectivity index (χ2v) is 5.71. The van der Waals surface area contributed by atoms with E-state index in [2.05, 4.69) is 5.32 Å². The summed E-state index contributed by atoms with van der Waals surface area (Å²) in [5.41, 5.74) is 0.302. The highest BCUT2D eigenvalue weighted by Gasteiger charge is 2.21. The van der Waals surface area contributed by atoms with Gasteiger partial charge in [0.25, 0.3) is 0 Å². The Balaban J connectivity index is 2.52. The second-order valence-electron chi connectivity index (χ2n) is 4.46. The zero-order valence-corrected chi connectivity index (χ0v) is 13.4. The predicted octanol–water partition coefficient (Wildman–Crippen LogP) is 3.41. The van der Waals surface area contributed by atoms with Crippen molar-refractivity contribution >= 4 is 45.8 Å². The molecule has 0 spiro atoms. The van der Waals surface area contributed by atoms with Crippen molar-refractivity contribution < 1.29 is 19.1 Å². The fourth-order valence-electron chi connectivity index (χ4n) is 1.97. The lowest BCUT2D eigenvalue weighted by molar-refractivity contribution is 0.0698. The van der Waals surface area contributed by atoms with Crippen molar-refractivity contribution in [2.45, 2.75) is 6.92 Å². The first kappa shape index (κ1) is 15.5. The number of aromatic carboxylic acids is 1. The van der Waals surface area contributed by atoms with Crippen LogP contribution >= 0.6 is 22.6 Å². The number of benzene rings is 1. The van der Waals surface area contributed by atoms with Crippen LogP contribution in [0.1, 0.15) is 27.8 Å². The molecule has 7 heteroatoms. The van der Waals surface area contributed by atoms with Gasteiger partial charge < -0.3 is 15.0 Å². The Bertz CT molecular complexity index is 740. The first-order valence-corrected chi connectivity index (χ1v) is 7.05. The minimum atomic E-state index is -1.19. The smallest absolute Gasteiger partial charge is 0.339 e. The molecular weight excluding hydrogens is 390 g/mol. The highest BCUT2D eigenvalue weighted by atomic mass is 127. The van der Waals surface area contributed by atoms with E-state index in [-0.39, 0.29) is 28.5 Å². The van der Waals surface area contributed by atoms with E-state index in [1.807, 2.05) is 22.6 Å². The van der Waals surface area contributed by atoms with Gasteiger partial charge in [0, 0.05) is 17.5 Å². The molecule has 0 saturated carbocycles. The van der Waals surface area contributed by atoms with Gasteiger partial charge in [-0.3, -0.25) is 4.79 Å². The largest absolute Gasteiger partial charge is 0.478 e. The molecule has 1 heterocycles. The van der Waals surface area contributed by atoms with E-state index >= 15 is 0 Å². The Morgan fingerprint density at radius 2 is 2.00 bits per heavy atom. The second kappa shape index (κ2) is 5.84. The van der Waals surface area contributed by atoms with Crippen molar-refractivity contribution in [3.05, 3.63) is 44.9 Å². The minimum Gasteiger partial charge on any atom is -0.478 e. The summed E-state index contributed by atoms with van der Waals surface area (Å²) < 4.78 is 16.0. The van der Waals surface area contributed by atoms with Gasteiger partial charge in [-0.25, -0.2) is 9.18 Å². The van der Waals surface area contributed by atoms with Crippen molar-refractivity contribution in [3.8, 4) is 0 Å². The van der Waals surface area contributed by atoms with Gasteiger partial charge in [-0.05, 0) is 46.9 Å². The van der Waals surface area contributed by atoms with Crippen LogP contribution in [0.15, 0.2) is 24.3 Å². The SMILES string of the molecule is CC(=O)c1cc(C(=O)O)c(Nc2ccc(I)cc2F)n1C. The number of aromatic nitrogens is 1. The Labute approximate surface area is 133 Å². The standard InChI is InChI=1S/C14H12FIN2O3/c1-7(19)12-6-9(14(20)21)13(18(12)2)17-11-4-3-8(16)5-10(11)15/h3-6,17H,1-2H3,(H,20,21). The van der Waals surface area contributed by atoms with Gasteiger partial charge in [0.15, 0.2) is 5.78 Å². The summed E-state index contributed by atoms with van der Waals surface area (Å²) in [5.74, 6) is -1.79. The molecule has 2 rings (SSSR count). The molecule has 0 unspecified atom stereocenters. The number of carbonyl (C=O) groups excluding carboxylic acids is 1. The number of nitrogens with zero attached hydrogens (tertiary/aromatic N) is 1. The molecule has 0 radical (unpaired) electrons. The van der Waals surface area contributed by atoms with Crippen molar-refractivity contribution in [2.24, 2.45) is 7.05 Å². The maximum atomic E-state index is 13.9. The molecule has 110 valence electrons. The zero-order valence-electron chi connectivity index (χ0n) is 11.3. The summed E-state index contributed by atoms with van der Waals surface area (Å²) in [6, 6.07) is 5.82. The number of hydrogen-bond acceptors (Lipinski definition) is 3. The average Bonchev–Trinajstić information content (AvgIpc) is 2.70. The molecular formula is C14H12FIN2O3. The fourth-order valence-corrected chi connectivity index (χ4v) is 2.43. The van der Waals surface area contributed by atoms with Gasteiger partial charge in [0.1, 0.15) is 17.2 Å². The molecule has 1 aromatic heterocycles. The van der Waals surface area contributed by atoms with Crippen molar-refractivity contribution in [1.29, 1.82) is 0 Å². The van der Waals surface area contributed by atoms with Gasteiger partial charge in [0.2, 0.25) is 0 Å². The van der Waals surface area contributed by atoms with Gasteiger partial charge in [-0.15, -0.1) is 0 Å². The number of halogens is 2. The fraction of sp³-hybridized carbons (Fsp3) is 0.143. The lowest BCUT2D eigenvalue weighted by Gasteiger charge is -2.11. The molecule has 1 aromatic carbocycles. The van der Waals surface area contributed by atoms with Gasteiger partial charge in [-0.2, -0.15) is 0 Å². The summed E-state index contributed by atoms with van der Waals surface area (Å²) in [4.78, 5) is 22.8. The number of Topliss-reactive ketones (excluding diaryl/α,β-unsaturated/α-hetero) is 1. The third-order valence-corrected chi connectivity index (χ3v) is 3.68. The molecule has 0 amide bonds. The quantitative estimate of drug-likeness (QED) is 0.608. The lowest BCUT2D eigenvalue weighted by atomic mass is 10.2. The molecule has 21 heavy (non-hydrogen) atoms. The first-order chi connectivity index (χ1) is 9.81. The van der Waals surface area contributed by atoms with E-state index in [9.17, 15) is 19.1 Å². The van der Waals surface area contributed by atoms with E-state index in [1.165, 1.54) is 29.7 Å². The third-order valence-electron chi connectivity index (χ3n) is 3.01. The van der Waals surface area contributed by atoms with Gasteiger partial charge in [-0.1, -0.05) is 0 Å². The number of carboxylic acid groups (broad SMARTS) is 1. The minimum absolute atomic E-state index is 0.0827. The van der Waals surface area contributed by atoms with Crippen LogP contribution in [0.25, 0.3) is 0 Å². The molecule has 0 aliphatic rings. The van der Waals surface area contributed by atoms with Crippen LogP contribution in [-0.2, 0) is 7.05 Å². The summed E-state index contributed by atoms with van der Waals surface area (Å²) in [7, 11) is 1.55. The number of nitrogens with one attached hydrogen (secondary N) is 1. The van der Waals surface area contributed by atoms with Crippen molar-refractivity contribution in [1.82, 2.24) is 4.57 Å². The molecule has 0 aliphatic heterocycles. The van der Waals surface area contributed by atoms with E-state index in [0.717, 1.165) is 3.57 Å². The van der Waals surface area contributed by atoms with E-state index in [4.69, 9.17) is 0 Å². The monoisotopic (exact) mass is 402 g/mol. The maximum absolute atomic E-state index is 13.9. The summed E-state index contributed by atoms with van der Waals surface area (Å²) in [6.07, 6.45) is 0. The van der Waals surface area contributed by atoms with Gasteiger partial charge in [0.05, 0.1) is 11.4 Å². The number of anilines is 2. The highest BCUT2D eigenvalue weighted by Crippen LogP contribution is 2.27. The summed E-state index contributed by atoms with van der Waals surface area (Å²) in [5, 5.41) is 12.0. The van der Waals surface area contributed by atoms with Gasteiger partial charge >= 0.3 is 5.97 Å². The normalized spacial score (nSPS) is 10.5. The molecule has 0 fully saturated rings. The van der Waals surface area contributed by atoms with Crippen molar-refractivity contribution in [3.63, 3.8) is 0 Å². The topological polar surface area (TPSA) is 71.3 Å². The molecule has 0 aliphatic carbocycles. The zero-order chi connectivity index (χ0) is 15.7. The van der Waals surface area contributed by atoms with Crippen LogP contribution < -0.4 is 5.32 Å². The molecule has 2 aromatic rings. The lowest BCUT2D eigenvalue weighted by Crippen LogP contribution is -2.07. The van der Waals surface area contributed by atoms with Crippen LogP contribution in [0.2, 0.25) is 0 Å². The molecule has 0 bridgehead atoms. The Morgan fingerprint density at radius 3 is 2.52 bits per heavy atom. The molecule has 0 saturated heterocycles. The number of rotatable bonds is 4. The van der Waals surface area contributed by atoms with E-state index < -0.39 is 11.8 Å². The molecule has 5 nitrogen and oxygen atoms in total. The van der Waals surface area contributed by atoms with Crippen LogP contribution in [0, 0.1) is 9.39 Å². The summed E-state index contributed by atoms with van der Waals surface area (Å²) in [6.45, 7) is 1.34. The molecule has 2 N–H and O–H groups in total. The van der Waals surface area contributed by atoms with Crippen LogP contribution in [0.4, 0.5) is 15.9 Å². The average molecular weight is 402 g/mol. The van der Waals surface area contributed by atoms with Crippen LogP contribution in [0.5, 0.6) is 0 Å². The maximum Gasteiger partial charge on any atom is 0.339 e.